The van der Waals surface area contributed by atoms with Gasteiger partial charge >= 0.3 is 0 Å². The number of ether oxygens (including phenoxy) is 4. The van der Waals surface area contributed by atoms with Gasteiger partial charge in [-0.15, -0.1) is 0 Å². The Balaban J connectivity index is 1.77. The van der Waals surface area contributed by atoms with Crippen molar-refractivity contribution in [1.29, 1.82) is 0 Å². The molecular formula is C66H115NO13. The van der Waals surface area contributed by atoms with Gasteiger partial charge in [0.15, 0.2) is 12.6 Å². The Bertz CT molecular complexity index is 1660. The van der Waals surface area contributed by atoms with E-state index in [-0.39, 0.29) is 18.9 Å². The quantitative estimate of drug-likeness (QED) is 0.0204. The van der Waals surface area contributed by atoms with Crippen molar-refractivity contribution in [2.45, 2.75) is 306 Å². The second-order valence-corrected chi connectivity index (χ2v) is 22.1. The number of carbonyl (C=O) groups excluding carboxylic acids is 1. The molecule has 0 aliphatic carbocycles. The van der Waals surface area contributed by atoms with E-state index in [0.29, 0.717) is 12.8 Å². The lowest BCUT2D eigenvalue weighted by atomic mass is 9.97. The van der Waals surface area contributed by atoms with E-state index >= 15 is 0 Å². The summed E-state index contributed by atoms with van der Waals surface area (Å²) in [6, 6.07) is -0.944. The van der Waals surface area contributed by atoms with Crippen LogP contribution in [0, 0.1) is 0 Å². The smallest absolute Gasteiger partial charge is 0.220 e. The van der Waals surface area contributed by atoms with Crippen LogP contribution in [-0.4, -0.2) is 140 Å². The molecular weight excluding hydrogens is 1010 g/mol. The number of hydrogen-bond acceptors (Lipinski definition) is 13. The number of unbranched alkanes of at least 4 members (excludes halogenated alkanes) is 25. The van der Waals surface area contributed by atoms with Gasteiger partial charge in [0.25, 0.3) is 0 Å². The van der Waals surface area contributed by atoms with Crippen LogP contribution < -0.4 is 5.32 Å². The average molecular weight is 1130 g/mol. The van der Waals surface area contributed by atoms with Gasteiger partial charge in [0, 0.05) is 6.42 Å². The van der Waals surface area contributed by atoms with Gasteiger partial charge in [0.2, 0.25) is 5.91 Å². The third-order valence-corrected chi connectivity index (χ3v) is 15.1. The second-order valence-electron chi connectivity index (χ2n) is 22.1. The van der Waals surface area contributed by atoms with Gasteiger partial charge in [-0.05, 0) is 77.0 Å². The molecule has 12 atom stereocenters. The largest absolute Gasteiger partial charge is 0.394 e. The molecule has 2 heterocycles. The number of aliphatic hydroxyl groups excluding tert-OH is 8. The van der Waals surface area contributed by atoms with Crippen molar-refractivity contribution in [1.82, 2.24) is 5.32 Å². The predicted molar refractivity (Wildman–Crippen MR) is 323 cm³/mol. The second kappa shape index (κ2) is 50.7. The zero-order valence-electron chi connectivity index (χ0n) is 49.8. The van der Waals surface area contributed by atoms with Crippen molar-refractivity contribution >= 4 is 5.91 Å². The van der Waals surface area contributed by atoms with Crippen LogP contribution in [0.25, 0.3) is 0 Å². The van der Waals surface area contributed by atoms with Crippen LogP contribution in [0.2, 0.25) is 0 Å². The predicted octanol–water partition coefficient (Wildman–Crippen LogP) is 11.7. The van der Waals surface area contributed by atoms with E-state index in [0.717, 1.165) is 83.5 Å². The van der Waals surface area contributed by atoms with E-state index in [9.17, 15) is 45.6 Å². The fraction of sp³-hybridized carbons (Fsp3) is 0.773. The maximum absolute atomic E-state index is 13.3. The molecule has 14 nitrogen and oxygen atoms in total. The summed E-state index contributed by atoms with van der Waals surface area (Å²) in [4.78, 5) is 13.3. The first-order valence-corrected chi connectivity index (χ1v) is 31.8. The molecule has 80 heavy (non-hydrogen) atoms. The van der Waals surface area contributed by atoms with Crippen molar-refractivity contribution in [3.05, 3.63) is 85.1 Å². The Morgan fingerprint density at radius 1 is 0.463 bits per heavy atom. The van der Waals surface area contributed by atoms with Crippen molar-refractivity contribution in [2.24, 2.45) is 0 Å². The van der Waals surface area contributed by atoms with Crippen LogP contribution in [0.15, 0.2) is 85.1 Å². The standard InChI is InChI=1S/C66H115NO13/c1-3-5-7-9-11-13-15-17-19-21-23-25-27-29-31-33-35-37-39-41-43-45-47-49-55(70)54(53-77-65-63(76)61(74)64(57(52-69)79-65)80-66-62(75)60(73)59(72)56(51-68)78-66)67-58(71)50-48-46-44-42-40-38-36-34-32-30-28-26-24-22-20-18-16-14-12-10-8-6-4-2/h6,8,12,14,18,20,24,26,30,32,39,41,47,49,54-57,59-66,68-70,72-76H,3-5,7,9-11,13,15-17,19,21-23,25,27-29,31,33-38,40,42-46,48,50-53H2,1-2H3,(H,67,71)/b8-6-,14-12-,20-18-,26-24-,32-30-,41-39+,49-47+. The number of rotatable bonds is 50. The fourth-order valence-corrected chi connectivity index (χ4v) is 9.98. The summed E-state index contributed by atoms with van der Waals surface area (Å²) in [5, 5.41) is 87.2. The highest BCUT2D eigenvalue weighted by Crippen LogP contribution is 2.30. The molecule has 2 saturated heterocycles. The topological polar surface area (TPSA) is 228 Å². The molecule has 2 fully saturated rings. The SMILES string of the molecule is CC/C=C\C/C=C\C/C=C\C/C=C\C/C=C\CCCCCCCCCC(=O)NC(COC1OC(CO)C(OC2OC(CO)C(O)C(O)C2O)C(O)C1O)C(O)/C=C/CC/C=C/CCCCCCCCCCCCCCCCCCC. The number of nitrogens with one attached hydrogen (secondary N) is 1. The minimum absolute atomic E-state index is 0.256. The number of allylic oxidation sites excluding steroid dienone is 13. The van der Waals surface area contributed by atoms with Crippen LogP contribution in [0.4, 0.5) is 0 Å². The fourth-order valence-electron chi connectivity index (χ4n) is 9.98. The van der Waals surface area contributed by atoms with E-state index in [1.165, 1.54) is 116 Å². The minimum atomic E-state index is -1.80. The van der Waals surface area contributed by atoms with E-state index in [2.05, 4.69) is 92.1 Å². The third kappa shape index (κ3) is 35.3. The molecule has 1 amide bonds. The lowest BCUT2D eigenvalue weighted by molar-refractivity contribution is -0.359. The molecule has 2 rings (SSSR count). The van der Waals surface area contributed by atoms with Gasteiger partial charge in [-0.3, -0.25) is 4.79 Å². The summed E-state index contributed by atoms with van der Waals surface area (Å²) < 4.78 is 22.8. The molecule has 2 aliphatic heterocycles. The maximum Gasteiger partial charge on any atom is 0.220 e. The Morgan fingerprint density at radius 3 is 1.38 bits per heavy atom. The van der Waals surface area contributed by atoms with Crippen LogP contribution in [0.3, 0.4) is 0 Å². The molecule has 0 saturated carbocycles. The first-order valence-electron chi connectivity index (χ1n) is 31.8. The lowest BCUT2D eigenvalue weighted by Gasteiger charge is -2.46. The highest BCUT2D eigenvalue weighted by atomic mass is 16.7. The summed E-state index contributed by atoms with van der Waals surface area (Å²) >= 11 is 0. The molecule has 0 aromatic rings. The Kier molecular flexibility index (Phi) is 46.4. The third-order valence-electron chi connectivity index (χ3n) is 15.1. The summed E-state index contributed by atoms with van der Waals surface area (Å²) in [7, 11) is 0. The first-order chi connectivity index (χ1) is 39.1. The van der Waals surface area contributed by atoms with Gasteiger partial charge < -0.3 is 65.1 Å². The van der Waals surface area contributed by atoms with Crippen molar-refractivity contribution in [3.63, 3.8) is 0 Å². The van der Waals surface area contributed by atoms with E-state index < -0.39 is 86.8 Å². The molecule has 0 aromatic carbocycles. The van der Waals surface area contributed by atoms with Crippen LogP contribution >= 0.6 is 0 Å². The molecule has 14 heteroatoms. The van der Waals surface area contributed by atoms with Gasteiger partial charge in [0.1, 0.15) is 48.8 Å². The van der Waals surface area contributed by atoms with Gasteiger partial charge in [-0.25, -0.2) is 0 Å². The molecule has 9 N–H and O–H groups in total. The highest BCUT2D eigenvalue weighted by molar-refractivity contribution is 5.76. The molecule has 12 unspecified atom stereocenters. The monoisotopic (exact) mass is 1130 g/mol. The van der Waals surface area contributed by atoms with Crippen molar-refractivity contribution < 1.29 is 64.6 Å². The summed E-state index contributed by atoms with van der Waals surface area (Å²) in [5.74, 6) is -0.262. The van der Waals surface area contributed by atoms with E-state index in [4.69, 9.17) is 18.9 Å². The van der Waals surface area contributed by atoms with Crippen LogP contribution in [0.5, 0.6) is 0 Å². The molecule has 0 bridgehead atoms. The van der Waals surface area contributed by atoms with Crippen molar-refractivity contribution in [2.75, 3.05) is 19.8 Å². The molecule has 0 radical (unpaired) electrons. The van der Waals surface area contributed by atoms with E-state index in [1.54, 1.807) is 6.08 Å². The Morgan fingerprint density at radius 2 is 0.875 bits per heavy atom. The Hall–Kier alpha value is -2.83. The molecule has 0 spiro atoms. The highest BCUT2D eigenvalue weighted by Gasteiger charge is 2.51. The lowest BCUT2D eigenvalue weighted by Crippen LogP contribution is -2.65. The number of amides is 1. The molecule has 2 aliphatic rings. The Labute approximate surface area is 484 Å². The van der Waals surface area contributed by atoms with Crippen LogP contribution in [-0.2, 0) is 23.7 Å². The molecule has 0 aromatic heterocycles. The zero-order chi connectivity index (χ0) is 58.1. The van der Waals surface area contributed by atoms with Gasteiger partial charge in [-0.1, -0.05) is 234 Å². The normalized spacial score (nSPS) is 24.8. The summed E-state index contributed by atoms with van der Waals surface area (Å²) in [6.07, 6.45) is 51.9. The minimum Gasteiger partial charge on any atom is -0.394 e. The van der Waals surface area contributed by atoms with Crippen molar-refractivity contribution in [3.8, 4) is 0 Å². The number of carbonyl (C=O) groups is 1. The zero-order valence-corrected chi connectivity index (χ0v) is 49.8. The average Bonchev–Trinajstić information content (AvgIpc) is 3.46. The first kappa shape index (κ1) is 73.3. The summed E-state index contributed by atoms with van der Waals surface area (Å²) in [5.41, 5.74) is 0. The van der Waals surface area contributed by atoms with Crippen LogP contribution in [0.1, 0.15) is 232 Å². The number of aliphatic hydroxyl groups is 8. The molecule has 462 valence electrons. The number of hydrogen-bond donors (Lipinski definition) is 9. The van der Waals surface area contributed by atoms with Gasteiger partial charge in [-0.2, -0.15) is 0 Å². The maximum atomic E-state index is 13.3. The van der Waals surface area contributed by atoms with E-state index in [1.807, 2.05) is 6.08 Å². The summed E-state index contributed by atoms with van der Waals surface area (Å²) in [6.45, 7) is 2.67. The van der Waals surface area contributed by atoms with Gasteiger partial charge in [0.05, 0.1) is 32.0 Å².